The number of hydrogen-bond acceptors (Lipinski definition) is 5. The Balaban J connectivity index is 1.22. The smallest absolute Gasteiger partial charge is 0.298 e. The van der Waals surface area contributed by atoms with Gasteiger partial charge in [0.2, 0.25) is 0 Å². The van der Waals surface area contributed by atoms with Crippen molar-refractivity contribution in [1.82, 2.24) is 24.8 Å². The Morgan fingerprint density at radius 2 is 2.00 bits per heavy atom. The van der Waals surface area contributed by atoms with E-state index in [0.29, 0.717) is 25.3 Å². The first kappa shape index (κ1) is 21.8. The zero-order valence-corrected chi connectivity index (χ0v) is 18.6. The Hall–Kier alpha value is -3.44. The van der Waals surface area contributed by atoms with Gasteiger partial charge in [0.1, 0.15) is 5.69 Å². The summed E-state index contributed by atoms with van der Waals surface area (Å²) in [5.41, 5.74) is 1.31. The Kier molecular flexibility index (Phi) is 7.31. The molecule has 3 heterocycles. The van der Waals surface area contributed by atoms with Gasteiger partial charge in [-0.25, -0.2) is 9.97 Å². The summed E-state index contributed by atoms with van der Waals surface area (Å²) in [5.74, 6) is 5.67. The number of thiazole rings is 1. The molecule has 1 N–H and O–H groups in total. The average Bonchev–Trinajstić information content (AvgIpc) is 3.53. The van der Waals surface area contributed by atoms with Gasteiger partial charge in [0.25, 0.3) is 11.8 Å². The van der Waals surface area contributed by atoms with E-state index in [4.69, 9.17) is 0 Å². The van der Waals surface area contributed by atoms with E-state index in [9.17, 15) is 9.59 Å². The van der Waals surface area contributed by atoms with Crippen molar-refractivity contribution in [3.8, 4) is 11.8 Å². The lowest BCUT2D eigenvalue weighted by Crippen LogP contribution is -2.37. The third kappa shape index (κ3) is 5.83. The number of rotatable bonds is 6. The molecule has 0 saturated carbocycles. The minimum atomic E-state index is -0.137. The van der Waals surface area contributed by atoms with Crippen LogP contribution in [0.25, 0.3) is 0 Å². The second-order valence-corrected chi connectivity index (χ2v) is 8.55. The molecule has 164 valence electrons. The molecular weight excluding hydrogens is 422 g/mol. The number of imidazole rings is 1. The maximum absolute atomic E-state index is 12.4. The van der Waals surface area contributed by atoms with E-state index in [1.54, 1.807) is 17.4 Å². The fraction of sp³-hybridized carbons (Fsp3) is 0.333. The molecule has 0 unspecified atom stereocenters. The lowest BCUT2D eigenvalue weighted by atomic mass is 9.97. The molecule has 4 rings (SSSR count). The van der Waals surface area contributed by atoms with Crippen molar-refractivity contribution in [1.29, 1.82) is 0 Å². The lowest BCUT2D eigenvalue weighted by molar-refractivity contribution is -0.126. The highest BCUT2D eigenvalue weighted by Crippen LogP contribution is 2.30. The van der Waals surface area contributed by atoms with Crippen molar-refractivity contribution in [3.63, 3.8) is 0 Å². The molecule has 0 bridgehead atoms. The van der Waals surface area contributed by atoms with Crippen LogP contribution in [0.4, 0.5) is 0 Å². The van der Waals surface area contributed by atoms with Crippen molar-refractivity contribution in [2.45, 2.75) is 31.7 Å². The second-order valence-electron chi connectivity index (χ2n) is 7.66. The van der Waals surface area contributed by atoms with Gasteiger partial charge in [0, 0.05) is 61.4 Å². The normalized spacial score (nSPS) is 13.9. The van der Waals surface area contributed by atoms with Crippen molar-refractivity contribution in [3.05, 3.63) is 70.7 Å². The number of nitrogens with zero attached hydrogens (tertiary/aromatic N) is 4. The SMILES string of the molecule is O=C(NCCCn1ccnc1)c1csc(C2CCN(C(=O)C#Cc3ccccc3)CC2)n1. The summed E-state index contributed by atoms with van der Waals surface area (Å²) >= 11 is 1.52. The number of nitrogens with one attached hydrogen (secondary N) is 1. The largest absolute Gasteiger partial charge is 0.351 e. The Morgan fingerprint density at radius 3 is 2.75 bits per heavy atom. The zero-order chi connectivity index (χ0) is 22.2. The molecule has 1 aromatic carbocycles. The first-order chi connectivity index (χ1) is 15.7. The number of carbonyl (C=O) groups is 2. The van der Waals surface area contributed by atoms with Crippen LogP contribution in [0.15, 0.2) is 54.4 Å². The maximum atomic E-state index is 12.4. The van der Waals surface area contributed by atoms with Crippen LogP contribution in [0.5, 0.6) is 0 Å². The Bertz CT molecular complexity index is 1090. The van der Waals surface area contributed by atoms with Gasteiger partial charge in [-0.1, -0.05) is 24.1 Å². The molecular formula is C24H25N5O2S. The molecule has 2 aromatic heterocycles. The summed E-state index contributed by atoms with van der Waals surface area (Å²) in [6.07, 6.45) is 7.91. The van der Waals surface area contributed by atoms with Crippen LogP contribution in [0.3, 0.4) is 0 Å². The van der Waals surface area contributed by atoms with Gasteiger partial charge in [-0.2, -0.15) is 0 Å². The molecule has 0 spiro atoms. The summed E-state index contributed by atoms with van der Waals surface area (Å²) in [6.45, 7) is 2.72. The van der Waals surface area contributed by atoms with Gasteiger partial charge in [0.05, 0.1) is 11.3 Å². The molecule has 2 amide bonds. The summed E-state index contributed by atoms with van der Waals surface area (Å²) < 4.78 is 1.98. The minimum Gasteiger partial charge on any atom is -0.351 e. The Labute approximate surface area is 191 Å². The van der Waals surface area contributed by atoms with E-state index in [1.165, 1.54) is 11.3 Å². The van der Waals surface area contributed by atoms with E-state index < -0.39 is 0 Å². The number of carbonyl (C=O) groups excluding carboxylic acids is 2. The van der Waals surface area contributed by atoms with E-state index in [1.807, 2.05) is 46.5 Å². The molecule has 1 fully saturated rings. The maximum Gasteiger partial charge on any atom is 0.298 e. The average molecular weight is 448 g/mol. The van der Waals surface area contributed by atoms with Crippen LogP contribution in [0, 0.1) is 11.8 Å². The van der Waals surface area contributed by atoms with Crippen LogP contribution in [0.1, 0.15) is 46.2 Å². The monoisotopic (exact) mass is 447 g/mol. The van der Waals surface area contributed by atoms with Crippen molar-refractivity contribution in [2.75, 3.05) is 19.6 Å². The van der Waals surface area contributed by atoms with Gasteiger partial charge < -0.3 is 14.8 Å². The van der Waals surface area contributed by atoms with Crippen molar-refractivity contribution < 1.29 is 9.59 Å². The van der Waals surface area contributed by atoms with Crippen LogP contribution in [0.2, 0.25) is 0 Å². The van der Waals surface area contributed by atoms with Gasteiger partial charge in [0.15, 0.2) is 0 Å². The number of piperidine rings is 1. The van der Waals surface area contributed by atoms with E-state index >= 15 is 0 Å². The number of hydrogen-bond donors (Lipinski definition) is 1. The fourth-order valence-corrected chi connectivity index (χ4v) is 4.58. The summed E-state index contributed by atoms with van der Waals surface area (Å²) in [4.78, 5) is 35.1. The zero-order valence-electron chi connectivity index (χ0n) is 17.7. The molecule has 3 aromatic rings. The van der Waals surface area contributed by atoms with Crippen molar-refractivity contribution >= 4 is 23.2 Å². The number of likely N-dealkylation sites (tertiary alicyclic amines) is 1. The molecule has 32 heavy (non-hydrogen) atoms. The highest BCUT2D eigenvalue weighted by Gasteiger charge is 2.25. The Morgan fingerprint density at radius 1 is 1.19 bits per heavy atom. The number of aryl methyl sites for hydroxylation is 1. The highest BCUT2D eigenvalue weighted by molar-refractivity contribution is 7.09. The van der Waals surface area contributed by atoms with Gasteiger partial charge in [-0.3, -0.25) is 9.59 Å². The first-order valence-electron chi connectivity index (χ1n) is 10.7. The molecule has 1 aliphatic heterocycles. The molecule has 1 aliphatic rings. The highest BCUT2D eigenvalue weighted by atomic mass is 32.1. The van der Waals surface area contributed by atoms with Gasteiger partial charge in [-0.15, -0.1) is 11.3 Å². The predicted octanol–water partition coefficient (Wildman–Crippen LogP) is 2.92. The third-order valence-corrected chi connectivity index (χ3v) is 6.42. The van der Waals surface area contributed by atoms with Crippen LogP contribution in [-0.2, 0) is 11.3 Å². The number of amides is 2. The second kappa shape index (κ2) is 10.7. The molecule has 0 aliphatic carbocycles. The number of benzene rings is 1. The molecule has 1 saturated heterocycles. The molecule has 0 atom stereocenters. The third-order valence-electron chi connectivity index (χ3n) is 5.41. The molecule has 0 radical (unpaired) electrons. The lowest BCUT2D eigenvalue weighted by Gasteiger charge is -2.29. The predicted molar refractivity (Wildman–Crippen MR) is 123 cm³/mol. The van der Waals surface area contributed by atoms with Crippen LogP contribution in [-0.4, -0.2) is 50.9 Å². The minimum absolute atomic E-state index is 0.137. The van der Waals surface area contributed by atoms with Gasteiger partial charge >= 0.3 is 0 Å². The summed E-state index contributed by atoms with van der Waals surface area (Å²) in [6, 6.07) is 9.52. The van der Waals surface area contributed by atoms with Gasteiger partial charge in [-0.05, 0) is 31.4 Å². The molecule has 7 nitrogen and oxygen atoms in total. The molecule has 8 heteroatoms. The quantitative estimate of drug-likeness (QED) is 0.465. The fourth-order valence-electron chi connectivity index (χ4n) is 3.61. The van der Waals surface area contributed by atoms with E-state index in [0.717, 1.165) is 36.4 Å². The standard InChI is InChI=1S/C24H25N5O2S/c30-22(8-7-19-5-2-1-3-6-19)29-14-9-20(10-15-29)24-27-21(17-32-24)23(31)26-11-4-13-28-16-12-25-18-28/h1-3,5-6,12,16-18,20H,4,9-11,13-15H2,(H,26,31). The summed E-state index contributed by atoms with van der Waals surface area (Å²) in [7, 11) is 0. The number of aromatic nitrogens is 3. The van der Waals surface area contributed by atoms with E-state index in [2.05, 4.69) is 27.1 Å². The first-order valence-corrected chi connectivity index (χ1v) is 11.6. The van der Waals surface area contributed by atoms with E-state index in [-0.39, 0.29) is 17.7 Å². The van der Waals surface area contributed by atoms with Crippen molar-refractivity contribution in [2.24, 2.45) is 0 Å². The summed E-state index contributed by atoms with van der Waals surface area (Å²) in [5, 5.41) is 5.72. The topological polar surface area (TPSA) is 80.1 Å². The van der Waals surface area contributed by atoms with Crippen LogP contribution >= 0.6 is 11.3 Å². The van der Waals surface area contributed by atoms with Crippen LogP contribution < -0.4 is 5.32 Å².